The average Bonchev–Trinajstić information content (AvgIpc) is 3.11. The van der Waals surface area contributed by atoms with Crippen LogP contribution >= 0.6 is 0 Å². The summed E-state index contributed by atoms with van der Waals surface area (Å²) in [7, 11) is 0. The first-order chi connectivity index (χ1) is 12.2. The molecule has 2 aromatic rings. The van der Waals surface area contributed by atoms with E-state index in [1.165, 1.54) is 5.56 Å². The van der Waals surface area contributed by atoms with Gasteiger partial charge in [0.25, 0.3) is 5.69 Å². The second-order valence-electron chi connectivity index (χ2n) is 6.51. The van der Waals surface area contributed by atoms with Gasteiger partial charge < -0.3 is 10.1 Å². The van der Waals surface area contributed by atoms with Crippen molar-refractivity contribution in [3.05, 3.63) is 75.9 Å². The molecule has 0 unspecified atom stereocenters. The van der Waals surface area contributed by atoms with Gasteiger partial charge in [0.2, 0.25) is 0 Å². The molecular formula is C20H20N2O3. The molecule has 4 rings (SSSR count). The molecule has 128 valence electrons. The number of allylic oxidation sites excluding steroid dienone is 2. The summed E-state index contributed by atoms with van der Waals surface area (Å²) in [5, 5.41) is 14.5. The monoisotopic (exact) mass is 336 g/mol. The molecule has 2 aliphatic rings. The topological polar surface area (TPSA) is 64.4 Å². The molecule has 1 aliphatic heterocycles. The molecule has 25 heavy (non-hydrogen) atoms. The maximum Gasteiger partial charge on any atom is 0.269 e. The summed E-state index contributed by atoms with van der Waals surface area (Å²) >= 11 is 0. The normalized spacial score (nSPS) is 23.5. The summed E-state index contributed by atoms with van der Waals surface area (Å²) in [5.41, 5.74) is 3.59. The maximum absolute atomic E-state index is 10.9. The Bertz CT molecular complexity index is 829. The number of non-ortho nitro benzene ring substituents is 1. The van der Waals surface area contributed by atoms with Crippen molar-refractivity contribution in [2.75, 3.05) is 11.9 Å². The first-order valence-electron chi connectivity index (χ1n) is 8.61. The van der Waals surface area contributed by atoms with Crippen molar-refractivity contribution in [3.63, 3.8) is 0 Å². The van der Waals surface area contributed by atoms with Crippen LogP contribution in [0.2, 0.25) is 0 Å². The van der Waals surface area contributed by atoms with Crippen LogP contribution < -0.4 is 10.1 Å². The van der Waals surface area contributed by atoms with E-state index in [0.29, 0.717) is 18.4 Å². The van der Waals surface area contributed by atoms with Crippen LogP contribution in [0.1, 0.15) is 36.4 Å². The molecule has 5 heteroatoms. The summed E-state index contributed by atoms with van der Waals surface area (Å²) in [5.74, 6) is 1.65. The molecule has 0 aromatic heterocycles. The van der Waals surface area contributed by atoms with Gasteiger partial charge in [-0.15, -0.1) is 0 Å². The van der Waals surface area contributed by atoms with Crippen LogP contribution in [0.25, 0.3) is 0 Å². The molecule has 0 radical (unpaired) electrons. The zero-order chi connectivity index (χ0) is 17.4. The van der Waals surface area contributed by atoms with E-state index in [1.807, 2.05) is 25.1 Å². The third-order valence-electron chi connectivity index (χ3n) is 5.11. The van der Waals surface area contributed by atoms with Crippen LogP contribution in [0, 0.1) is 16.0 Å². The zero-order valence-corrected chi connectivity index (χ0v) is 14.0. The average molecular weight is 336 g/mol. The predicted octanol–water partition coefficient (Wildman–Crippen LogP) is 4.82. The van der Waals surface area contributed by atoms with E-state index in [4.69, 9.17) is 4.74 Å². The van der Waals surface area contributed by atoms with E-state index in [2.05, 4.69) is 29.6 Å². The molecule has 1 N–H and O–H groups in total. The van der Waals surface area contributed by atoms with Crippen molar-refractivity contribution in [1.82, 2.24) is 0 Å². The number of hydrogen-bond donors (Lipinski definition) is 1. The van der Waals surface area contributed by atoms with Crippen molar-refractivity contribution in [2.24, 2.45) is 5.92 Å². The van der Waals surface area contributed by atoms with E-state index in [9.17, 15) is 10.1 Å². The largest absolute Gasteiger partial charge is 0.494 e. The van der Waals surface area contributed by atoms with Gasteiger partial charge in [-0.2, -0.15) is 0 Å². The van der Waals surface area contributed by atoms with Gasteiger partial charge in [-0.3, -0.25) is 10.1 Å². The lowest BCUT2D eigenvalue weighted by molar-refractivity contribution is -0.384. The van der Waals surface area contributed by atoms with Crippen molar-refractivity contribution >= 4 is 11.4 Å². The van der Waals surface area contributed by atoms with Crippen LogP contribution in [0.3, 0.4) is 0 Å². The van der Waals surface area contributed by atoms with Crippen LogP contribution in [-0.2, 0) is 0 Å². The highest BCUT2D eigenvalue weighted by Crippen LogP contribution is 2.50. The first-order valence-corrected chi connectivity index (χ1v) is 8.61. The lowest BCUT2D eigenvalue weighted by Crippen LogP contribution is -2.29. The standard InChI is InChI=1S/C20H20N2O3/c1-2-25-15-10-11-19-18(12-15)16-4-3-5-17(16)20(21-19)13-6-8-14(9-7-13)22(23)24/h3-4,6-12,16-17,20-21H,2,5H2,1H3/t16-,17+,20-/m0/s1. The molecule has 0 saturated carbocycles. The van der Waals surface area contributed by atoms with Gasteiger partial charge in [0.1, 0.15) is 5.75 Å². The Morgan fingerprint density at radius 1 is 1.24 bits per heavy atom. The highest BCUT2D eigenvalue weighted by atomic mass is 16.6. The molecule has 3 atom stereocenters. The Labute approximate surface area is 146 Å². The van der Waals surface area contributed by atoms with E-state index in [-0.39, 0.29) is 16.7 Å². The molecule has 0 amide bonds. The second kappa shape index (κ2) is 6.24. The van der Waals surface area contributed by atoms with Crippen LogP contribution in [0.15, 0.2) is 54.6 Å². The Morgan fingerprint density at radius 2 is 2.04 bits per heavy atom. The fourth-order valence-corrected chi connectivity index (χ4v) is 3.96. The summed E-state index contributed by atoms with van der Waals surface area (Å²) in [4.78, 5) is 10.5. The molecule has 0 saturated heterocycles. The number of nitrogens with zero attached hydrogens (tertiary/aromatic N) is 1. The number of nitrogens with one attached hydrogen (secondary N) is 1. The fraction of sp³-hybridized carbons (Fsp3) is 0.300. The molecule has 1 heterocycles. The van der Waals surface area contributed by atoms with Crippen LogP contribution in [0.4, 0.5) is 11.4 Å². The molecule has 0 fully saturated rings. The number of nitro groups is 1. The van der Waals surface area contributed by atoms with E-state index >= 15 is 0 Å². The Balaban J connectivity index is 1.69. The molecule has 2 aromatic carbocycles. The van der Waals surface area contributed by atoms with Gasteiger partial charge in [0.05, 0.1) is 17.6 Å². The SMILES string of the molecule is CCOc1ccc2c(c1)[C@H]1C=CC[C@H]1[C@H](c1ccc([N+](=O)[O-])cc1)N2. The molecule has 0 bridgehead atoms. The maximum atomic E-state index is 10.9. The summed E-state index contributed by atoms with van der Waals surface area (Å²) in [6.07, 6.45) is 5.51. The quantitative estimate of drug-likeness (QED) is 0.494. The molecule has 0 spiro atoms. The second-order valence-corrected chi connectivity index (χ2v) is 6.51. The molecule has 5 nitrogen and oxygen atoms in total. The number of hydrogen-bond acceptors (Lipinski definition) is 4. The van der Waals surface area contributed by atoms with E-state index in [1.54, 1.807) is 12.1 Å². The first kappa shape index (κ1) is 15.7. The lowest BCUT2D eigenvalue weighted by Gasteiger charge is -2.37. The van der Waals surface area contributed by atoms with Gasteiger partial charge >= 0.3 is 0 Å². The number of benzene rings is 2. The van der Waals surface area contributed by atoms with Gasteiger partial charge in [-0.1, -0.05) is 24.3 Å². The number of nitro benzene ring substituents is 1. The zero-order valence-electron chi connectivity index (χ0n) is 14.0. The van der Waals surface area contributed by atoms with Gasteiger partial charge in [0, 0.05) is 23.7 Å². The Morgan fingerprint density at radius 3 is 2.76 bits per heavy atom. The number of anilines is 1. The van der Waals surface area contributed by atoms with Crippen LogP contribution in [-0.4, -0.2) is 11.5 Å². The molecular weight excluding hydrogens is 316 g/mol. The van der Waals surface area contributed by atoms with E-state index < -0.39 is 0 Å². The number of rotatable bonds is 4. The van der Waals surface area contributed by atoms with Crippen molar-refractivity contribution in [3.8, 4) is 5.75 Å². The summed E-state index contributed by atoms with van der Waals surface area (Å²) in [6, 6.07) is 13.2. The highest BCUT2D eigenvalue weighted by Gasteiger charge is 2.38. The number of ether oxygens (including phenoxy) is 1. The minimum absolute atomic E-state index is 0.127. The fourth-order valence-electron chi connectivity index (χ4n) is 3.96. The predicted molar refractivity (Wildman–Crippen MR) is 97.1 cm³/mol. The Kier molecular flexibility index (Phi) is 3.92. The summed E-state index contributed by atoms with van der Waals surface area (Å²) < 4.78 is 5.65. The van der Waals surface area contributed by atoms with Crippen molar-refractivity contribution in [1.29, 1.82) is 0 Å². The van der Waals surface area contributed by atoms with Gasteiger partial charge in [-0.05, 0) is 48.6 Å². The van der Waals surface area contributed by atoms with Crippen molar-refractivity contribution in [2.45, 2.75) is 25.3 Å². The molecule has 1 aliphatic carbocycles. The van der Waals surface area contributed by atoms with Crippen molar-refractivity contribution < 1.29 is 9.66 Å². The smallest absolute Gasteiger partial charge is 0.269 e. The Hall–Kier alpha value is -2.82. The third kappa shape index (κ3) is 2.76. The highest BCUT2D eigenvalue weighted by molar-refractivity contribution is 5.61. The minimum atomic E-state index is -0.359. The minimum Gasteiger partial charge on any atom is -0.494 e. The summed E-state index contributed by atoms with van der Waals surface area (Å²) in [6.45, 7) is 2.64. The van der Waals surface area contributed by atoms with Crippen LogP contribution in [0.5, 0.6) is 5.75 Å². The number of fused-ring (bicyclic) bond motifs is 3. The lowest BCUT2D eigenvalue weighted by atomic mass is 9.77. The van der Waals surface area contributed by atoms with E-state index in [0.717, 1.165) is 23.4 Å². The third-order valence-corrected chi connectivity index (χ3v) is 5.11. The van der Waals surface area contributed by atoms with Gasteiger partial charge in [0.15, 0.2) is 0 Å². The van der Waals surface area contributed by atoms with Gasteiger partial charge in [-0.25, -0.2) is 0 Å².